The van der Waals surface area contributed by atoms with Crippen LogP contribution in [0.15, 0.2) is 17.0 Å². The van der Waals surface area contributed by atoms with Gasteiger partial charge >= 0.3 is 5.97 Å². The van der Waals surface area contributed by atoms with E-state index in [1.807, 2.05) is 32.9 Å². The molecular weight excluding hydrogens is 314 g/mol. The van der Waals surface area contributed by atoms with Gasteiger partial charge in [0, 0.05) is 12.6 Å². The molecule has 0 spiro atoms. The summed E-state index contributed by atoms with van der Waals surface area (Å²) in [6, 6.07) is 3.49. The van der Waals surface area contributed by atoms with Gasteiger partial charge in [-0.25, -0.2) is 8.42 Å². The quantitative estimate of drug-likeness (QED) is 0.715. The van der Waals surface area contributed by atoms with E-state index < -0.39 is 10.0 Å². The highest BCUT2D eigenvalue weighted by Gasteiger charge is 2.30. The van der Waals surface area contributed by atoms with Crippen molar-refractivity contribution in [3.8, 4) is 0 Å². The average Bonchev–Trinajstić information content (AvgIpc) is 2.36. The van der Waals surface area contributed by atoms with Crippen molar-refractivity contribution in [3.63, 3.8) is 0 Å². The van der Waals surface area contributed by atoms with E-state index in [9.17, 15) is 13.2 Å². The van der Waals surface area contributed by atoms with E-state index >= 15 is 0 Å². The Kier molecular flexibility index (Phi) is 6.77. The molecule has 0 fully saturated rings. The molecule has 23 heavy (non-hydrogen) atoms. The molecule has 1 rings (SSSR count). The van der Waals surface area contributed by atoms with Crippen LogP contribution in [0.5, 0.6) is 0 Å². The lowest BCUT2D eigenvalue weighted by atomic mass is 10.1. The summed E-state index contributed by atoms with van der Waals surface area (Å²) < 4.78 is 32.4. The zero-order chi connectivity index (χ0) is 17.8. The number of hydrogen-bond acceptors (Lipinski definition) is 4. The summed E-state index contributed by atoms with van der Waals surface area (Å²) in [5, 5.41) is 0. The number of esters is 1. The second-order valence-electron chi connectivity index (χ2n) is 5.99. The number of aryl methyl sites for hydroxylation is 3. The summed E-state index contributed by atoms with van der Waals surface area (Å²) in [6.07, 6.45) is 0.0508. The van der Waals surface area contributed by atoms with Crippen molar-refractivity contribution in [2.24, 2.45) is 0 Å². The molecule has 1 aromatic carbocycles. The number of hydrogen-bond donors (Lipinski definition) is 0. The maximum Gasteiger partial charge on any atom is 0.307 e. The largest absolute Gasteiger partial charge is 0.466 e. The Balaban J connectivity index is 3.18. The lowest BCUT2D eigenvalue weighted by molar-refractivity contribution is -0.143. The topological polar surface area (TPSA) is 63.7 Å². The van der Waals surface area contributed by atoms with Gasteiger partial charge in [0.15, 0.2) is 0 Å². The van der Waals surface area contributed by atoms with Gasteiger partial charge in [-0.05, 0) is 52.7 Å². The Morgan fingerprint density at radius 2 is 1.70 bits per heavy atom. The first-order valence-electron chi connectivity index (χ1n) is 7.86. The molecule has 0 aliphatic heterocycles. The lowest BCUT2D eigenvalue weighted by Crippen LogP contribution is -2.39. The summed E-state index contributed by atoms with van der Waals surface area (Å²) in [6.45, 7) is 11.3. The molecule has 0 heterocycles. The Labute approximate surface area is 139 Å². The first-order valence-corrected chi connectivity index (χ1v) is 9.30. The molecule has 0 aliphatic carbocycles. The van der Waals surface area contributed by atoms with Gasteiger partial charge in [-0.1, -0.05) is 17.7 Å². The molecule has 0 aromatic heterocycles. The molecule has 0 atom stereocenters. The lowest BCUT2D eigenvalue weighted by Gasteiger charge is -2.27. The van der Waals surface area contributed by atoms with Crippen molar-refractivity contribution in [3.05, 3.63) is 28.8 Å². The molecule has 5 nitrogen and oxygen atoms in total. The number of carbonyl (C=O) groups is 1. The molecule has 0 radical (unpaired) electrons. The van der Waals surface area contributed by atoms with E-state index in [1.54, 1.807) is 20.8 Å². The minimum atomic E-state index is -3.66. The summed E-state index contributed by atoms with van der Waals surface area (Å²) in [7, 11) is -3.66. The maximum atomic E-state index is 13.1. The second-order valence-corrected chi connectivity index (χ2v) is 7.82. The van der Waals surface area contributed by atoms with Crippen LogP contribution in [-0.2, 0) is 19.6 Å². The molecule has 0 aliphatic rings. The van der Waals surface area contributed by atoms with Crippen LogP contribution in [0.1, 0.15) is 43.9 Å². The second kappa shape index (κ2) is 7.93. The highest BCUT2D eigenvalue weighted by atomic mass is 32.2. The van der Waals surface area contributed by atoms with Crippen LogP contribution in [0.2, 0.25) is 0 Å². The Hall–Kier alpha value is -1.40. The summed E-state index contributed by atoms with van der Waals surface area (Å²) >= 11 is 0. The predicted octanol–water partition coefficient (Wildman–Crippen LogP) is 2.96. The van der Waals surface area contributed by atoms with Crippen LogP contribution in [0.4, 0.5) is 0 Å². The van der Waals surface area contributed by atoms with Crippen molar-refractivity contribution in [2.45, 2.75) is 58.9 Å². The van der Waals surface area contributed by atoms with E-state index in [2.05, 4.69) is 0 Å². The fraction of sp³-hybridized carbons (Fsp3) is 0.588. The molecule has 130 valence electrons. The average molecular weight is 341 g/mol. The Morgan fingerprint density at radius 1 is 1.17 bits per heavy atom. The zero-order valence-electron chi connectivity index (χ0n) is 14.8. The molecule has 0 bridgehead atoms. The standard InChI is InChI=1S/C17H27NO4S/c1-7-22-16(19)8-9-18(12(2)3)23(20,21)17-14(5)10-13(4)11-15(17)6/h10-12H,7-9H2,1-6H3. The van der Waals surface area contributed by atoms with E-state index in [0.29, 0.717) is 11.5 Å². The molecule has 0 unspecified atom stereocenters. The number of nitrogens with zero attached hydrogens (tertiary/aromatic N) is 1. The normalized spacial score (nSPS) is 12.0. The fourth-order valence-corrected chi connectivity index (χ4v) is 4.83. The van der Waals surface area contributed by atoms with E-state index in [4.69, 9.17) is 4.74 Å². The Morgan fingerprint density at radius 3 is 2.13 bits per heavy atom. The van der Waals surface area contributed by atoms with Gasteiger partial charge in [0.2, 0.25) is 10.0 Å². The molecule has 0 N–H and O–H groups in total. The van der Waals surface area contributed by atoms with Crippen LogP contribution in [-0.4, -0.2) is 37.9 Å². The third-order valence-corrected chi connectivity index (χ3v) is 5.97. The van der Waals surface area contributed by atoms with Crippen molar-refractivity contribution < 1.29 is 17.9 Å². The minimum absolute atomic E-state index is 0.0508. The predicted molar refractivity (Wildman–Crippen MR) is 90.9 cm³/mol. The molecule has 6 heteroatoms. The van der Waals surface area contributed by atoms with Gasteiger partial charge in [0.25, 0.3) is 0 Å². The monoisotopic (exact) mass is 341 g/mol. The summed E-state index contributed by atoms with van der Waals surface area (Å²) in [4.78, 5) is 11.9. The first-order chi connectivity index (χ1) is 10.6. The molecular formula is C17H27NO4S. The number of ether oxygens (including phenoxy) is 1. The minimum Gasteiger partial charge on any atom is -0.466 e. The molecule has 1 aromatic rings. The van der Waals surface area contributed by atoms with Crippen LogP contribution >= 0.6 is 0 Å². The SMILES string of the molecule is CCOC(=O)CCN(C(C)C)S(=O)(=O)c1c(C)cc(C)cc1C. The van der Waals surface area contributed by atoms with Crippen LogP contribution in [0.25, 0.3) is 0 Å². The van der Waals surface area contributed by atoms with Gasteiger partial charge in [0.05, 0.1) is 17.9 Å². The number of benzene rings is 1. The third-order valence-electron chi connectivity index (χ3n) is 3.59. The van der Waals surface area contributed by atoms with Gasteiger partial charge in [-0.3, -0.25) is 4.79 Å². The number of rotatable bonds is 7. The zero-order valence-corrected chi connectivity index (χ0v) is 15.7. The van der Waals surface area contributed by atoms with E-state index in [0.717, 1.165) is 16.7 Å². The molecule has 0 saturated heterocycles. The van der Waals surface area contributed by atoms with Crippen molar-refractivity contribution in [1.82, 2.24) is 4.31 Å². The maximum absolute atomic E-state index is 13.1. The molecule has 0 saturated carbocycles. The highest BCUT2D eigenvalue weighted by Crippen LogP contribution is 2.26. The van der Waals surface area contributed by atoms with Crippen molar-refractivity contribution in [2.75, 3.05) is 13.2 Å². The summed E-state index contributed by atoms with van der Waals surface area (Å²) in [5.41, 5.74) is 2.48. The van der Waals surface area contributed by atoms with Gasteiger partial charge in [-0.2, -0.15) is 4.31 Å². The number of sulfonamides is 1. The van der Waals surface area contributed by atoms with Gasteiger partial charge in [0.1, 0.15) is 0 Å². The van der Waals surface area contributed by atoms with Crippen LogP contribution < -0.4 is 0 Å². The van der Waals surface area contributed by atoms with Crippen molar-refractivity contribution in [1.29, 1.82) is 0 Å². The van der Waals surface area contributed by atoms with Gasteiger partial charge < -0.3 is 4.74 Å². The summed E-state index contributed by atoms with van der Waals surface area (Å²) in [5.74, 6) is -0.384. The van der Waals surface area contributed by atoms with Crippen molar-refractivity contribution >= 4 is 16.0 Å². The first kappa shape index (κ1) is 19.6. The number of carbonyl (C=O) groups excluding carboxylic acids is 1. The molecule has 0 amide bonds. The van der Waals surface area contributed by atoms with Crippen LogP contribution in [0, 0.1) is 20.8 Å². The highest BCUT2D eigenvalue weighted by molar-refractivity contribution is 7.89. The third kappa shape index (κ3) is 4.78. The van der Waals surface area contributed by atoms with Crippen LogP contribution in [0.3, 0.4) is 0 Å². The van der Waals surface area contributed by atoms with E-state index in [1.165, 1.54) is 4.31 Å². The Bertz CT molecular complexity index is 642. The van der Waals surface area contributed by atoms with Gasteiger partial charge in [-0.15, -0.1) is 0 Å². The van der Waals surface area contributed by atoms with E-state index in [-0.39, 0.29) is 25.0 Å². The smallest absolute Gasteiger partial charge is 0.307 e. The fourth-order valence-electron chi connectivity index (χ4n) is 2.78.